The van der Waals surface area contributed by atoms with E-state index in [0.29, 0.717) is 5.69 Å². The minimum Gasteiger partial charge on any atom is -0.292 e. The fraction of sp³-hybridized carbons (Fsp3) is 0. The highest BCUT2D eigenvalue weighted by Gasteiger charge is 2.17. The van der Waals surface area contributed by atoms with Crippen molar-refractivity contribution in [3.8, 4) is 39.3 Å². The summed E-state index contributed by atoms with van der Waals surface area (Å²) < 4.78 is 2.21. The first-order valence-electron chi connectivity index (χ1n) is 17.2. The minimum atomic E-state index is 0.579. The molecule has 1 heterocycles. The molecule has 0 unspecified atom stereocenters. The standard InChI is InChI=1S/C48H29N3/c1-49-36-24-27-47-46(30-36)50-48(33-20-18-31(19-21-33)44-28-34-10-2-4-12-38(34)40-14-6-8-16-42(40)44)51(47)37-25-22-32(23-26-37)45-29-35-11-3-5-13-39(35)41-15-7-9-17-43(41)45/h2-30H. The molecule has 10 aromatic rings. The average molecular weight is 648 g/mol. The molecule has 3 heteroatoms. The van der Waals surface area contributed by atoms with Crippen molar-refractivity contribution in [1.29, 1.82) is 0 Å². The second-order valence-corrected chi connectivity index (χ2v) is 13.1. The quantitative estimate of drug-likeness (QED) is 0.138. The van der Waals surface area contributed by atoms with Crippen LogP contribution in [0.15, 0.2) is 176 Å². The van der Waals surface area contributed by atoms with Crippen LogP contribution in [0.25, 0.3) is 98.3 Å². The maximum atomic E-state index is 7.62. The van der Waals surface area contributed by atoms with Crippen LogP contribution in [-0.4, -0.2) is 9.55 Å². The van der Waals surface area contributed by atoms with E-state index in [-0.39, 0.29) is 0 Å². The van der Waals surface area contributed by atoms with Crippen LogP contribution in [0, 0.1) is 6.57 Å². The van der Waals surface area contributed by atoms with Crippen LogP contribution >= 0.6 is 0 Å². The third-order valence-electron chi connectivity index (χ3n) is 10.2. The van der Waals surface area contributed by atoms with Crippen molar-refractivity contribution >= 4 is 59.8 Å². The molecule has 3 nitrogen and oxygen atoms in total. The Kier molecular flexibility index (Phi) is 6.56. The summed E-state index contributed by atoms with van der Waals surface area (Å²) in [6.45, 7) is 7.62. The van der Waals surface area contributed by atoms with Gasteiger partial charge in [0.05, 0.1) is 17.6 Å². The Morgan fingerprint density at radius 1 is 0.431 bits per heavy atom. The Labute approximate surface area is 295 Å². The van der Waals surface area contributed by atoms with Gasteiger partial charge >= 0.3 is 0 Å². The summed E-state index contributed by atoms with van der Waals surface area (Å²) in [4.78, 5) is 8.83. The molecule has 9 aromatic carbocycles. The first-order valence-corrected chi connectivity index (χ1v) is 17.2. The molecule has 0 saturated carbocycles. The largest absolute Gasteiger partial charge is 0.292 e. The Bertz CT molecular complexity index is 3020. The molecule has 0 aliphatic carbocycles. The second-order valence-electron chi connectivity index (χ2n) is 13.1. The molecule has 51 heavy (non-hydrogen) atoms. The molecule has 0 atom stereocenters. The summed E-state index contributed by atoms with van der Waals surface area (Å²) in [5.74, 6) is 0.839. The van der Waals surface area contributed by atoms with Gasteiger partial charge in [-0.05, 0) is 102 Å². The van der Waals surface area contributed by atoms with Gasteiger partial charge in [-0.15, -0.1) is 0 Å². The van der Waals surface area contributed by atoms with Crippen molar-refractivity contribution < 1.29 is 0 Å². The van der Waals surface area contributed by atoms with E-state index in [2.05, 4.69) is 167 Å². The van der Waals surface area contributed by atoms with Gasteiger partial charge in [0, 0.05) is 11.3 Å². The lowest BCUT2D eigenvalue weighted by atomic mass is 9.93. The number of fused-ring (bicyclic) bond motifs is 7. The molecular formula is C48H29N3. The highest BCUT2D eigenvalue weighted by Crippen LogP contribution is 2.38. The van der Waals surface area contributed by atoms with Gasteiger partial charge in [0.1, 0.15) is 5.82 Å². The monoisotopic (exact) mass is 647 g/mol. The predicted molar refractivity (Wildman–Crippen MR) is 214 cm³/mol. The van der Waals surface area contributed by atoms with E-state index < -0.39 is 0 Å². The normalized spacial score (nSPS) is 11.5. The number of aromatic nitrogens is 2. The van der Waals surface area contributed by atoms with Crippen LogP contribution in [0.2, 0.25) is 0 Å². The van der Waals surface area contributed by atoms with Gasteiger partial charge in [0.2, 0.25) is 0 Å². The summed E-state index contributed by atoms with van der Waals surface area (Å²) >= 11 is 0. The van der Waals surface area contributed by atoms with Crippen molar-refractivity contribution in [2.24, 2.45) is 0 Å². The third kappa shape index (κ3) is 4.70. The van der Waals surface area contributed by atoms with Crippen molar-refractivity contribution in [3.63, 3.8) is 0 Å². The van der Waals surface area contributed by atoms with E-state index in [4.69, 9.17) is 11.6 Å². The second kappa shape index (κ2) is 11.6. The van der Waals surface area contributed by atoms with Crippen molar-refractivity contribution in [3.05, 3.63) is 187 Å². The van der Waals surface area contributed by atoms with Crippen LogP contribution in [0.5, 0.6) is 0 Å². The lowest BCUT2D eigenvalue weighted by molar-refractivity contribution is 1.10. The van der Waals surface area contributed by atoms with Gasteiger partial charge in [-0.2, -0.15) is 0 Å². The van der Waals surface area contributed by atoms with Gasteiger partial charge in [-0.25, -0.2) is 9.83 Å². The number of imidazole rings is 1. The molecule has 1 aromatic heterocycles. The number of rotatable bonds is 4. The molecule has 0 bridgehead atoms. The molecule has 0 spiro atoms. The Balaban J connectivity index is 1.10. The SMILES string of the molecule is [C-]#[N+]c1ccc2c(c1)nc(-c1ccc(-c3cc4ccccc4c4ccccc34)cc1)n2-c1ccc(-c2cc3ccccc3c3ccccc23)cc1. The van der Waals surface area contributed by atoms with Gasteiger partial charge in [0.25, 0.3) is 0 Å². The van der Waals surface area contributed by atoms with Gasteiger partial charge in [-0.1, -0.05) is 140 Å². The van der Waals surface area contributed by atoms with Crippen molar-refractivity contribution in [2.75, 3.05) is 0 Å². The molecule has 0 fully saturated rings. The summed E-state index contributed by atoms with van der Waals surface area (Å²) in [7, 11) is 0. The molecule has 10 rings (SSSR count). The number of nitrogens with zero attached hydrogens (tertiary/aromatic N) is 3. The van der Waals surface area contributed by atoms with E-state index in [9.17, 15) is 0 Å². The predicted octanol–water partition coefficient (Wildman–Crippen LogP) is 13.2. The van der Waals surface area contributed by atoms with E-state index in [0.717, 1.165) is 39.2 Å². The lowest BCUT2D eigenvalue weighted by Crippen LogP contribution is -1.98. The molecule has 0 radical (unpaired) electrons. The summed E-state index contributed by atoms with van der Waals surface area (Å²) in [5, 5.41) is 9.98. The fourth-order valence-corrected chi connectivity index (χ4v) is 7.77. The molecular weight excluding hydrogens is 619 g/mol. The molecule has 0 N–H and O–H groups in total. The Hall–Kier alpha value is -7.02. The first kappa shape index (κ1) is 28.9. The van der Waals surface area contributed by atoms with Crippen molar-refractivity contribution in [2.45, 2.75) is 0 Å². The van der Waals surface area contributed by atoms with Gasteiger partial charge in [0.15, 0.2) is 5.69 Å². The van der Waals surface area contributed by atoms with Crippen LogP contribution in [0.4, 0.5) is 5.69 Å². The molecule has 0 amide bonds. The Morgan fingerprint density at radius 3 is 1.45 bits per heavy atom. The van der Waals surface area contributed by atoms with Crippen LogP contribution < -0.4 is 0 Å². The molecule has 236 valence electrons. The zero-order valence-corrected chi connectivity index (χ0v) is 27.6. The number of hydrogen-bond donors (Lipinski definition) is 0. The van der Waals surface area contributed by atoms with Crippen LogP contribution in [0.1, 0.15) is 0 Å². The number of benzene rings is 9. The average Bonchev–Trinajstić information content (AvgIpc) is 3.59. The Morgan fingerprint density at radius 2 is 0.902 bits per heavy atom. The smallest absolute Gasteiger partial charge is 0.189 e. The fourth-order valence-electron chi connectivity index (χ4n) is 7.77. The lowest BCUT2D eigenvalue weighted by Gasteiger charge is -2.14. The maximum Gasteiger partial charge on any atom is 0.189 e. The highest BCUT2D eigenvalue weighted by atomic mass is 15.1. The van der Waals surface area contributed by atoms with Crippen molar-refractivity contribution in [1.82, 2.24) is 9.55 Å². The van der Waals surface area contributed by atoms with Gasteiger partial charge < -0.3 is 0 Å². The minimum absolute atomic E-state index is 0.579. The summed E-state index contributed by atoms with van der Waals surface area (Å²) in [6.07, 6.45) is 0. The van der Waals surface area contributed by atoms with Crippen LogP contribution in [-0.2, 0) is 0 Å². The van der Waals surface area contributed by atoms with E-state index in [1.165, 1.54) is 54.2 Å². The molecule has 0 aliphatic rings. The zero-order chi connectivity index (χ0) is 33.9. The number of hydrogen-bond acceptors (Lipinski definition) is 1. The maximum absolute atomic E-state index is 7.62. The van der Waals surface area contributed by atoms with Crippen LogP contribution in [0.3, 0.4) is 0 Å². The first-order chi connectivity index (χ1) is 25.2. The van der Waals surface area contributed by atoms with E-state index in [1.807, 2.05) is 18.2 Å². The third-order valence-corrected chi connectivity index (χ3v) is 10.2. The molecule has 0 saturated heterocycles. The topological polar surface area (TPSA) is 22.2 Å². The summed E-state index contributed by atoms with van der Waals surface area (Å²) in [6, 6.07) is 62.4. The van der Waals surface area contributed by atoms with Gasteiger partial charge in [-0.3, -0.25) is 4.57 Å². The molecule has 0 aliphatic heterocycles. The summed E-state index contributed by atoms with van der Waals surface area (Å²) in [5.41, 5.74) is 9.11. The highest BCUT2D eigenvalue weighted by molar-refractivity contribution is 6.15. The van der Waals surface area contributed by atoms with E-state index in [1.54, 1.807) is 0 Å². The van der Waals surface area contributed by atoms with E-state index >= 15 is 0 Å². The zero-order valence-electron chi connectivity index (χ0n) is 27.6.